The Kier molecular flexibility index (Phi) is 8.31. The van der Waals surface area contributed by atoms with E-state index in [4.69, 9.17) is 9.47 Å². The third kappa shape index (κ3) is 5.69. The molecule has 1 amide bonds. The fourth-order valence-electron chi connectivity index (χ4n) is 4.21. The number of aromatic nitrogens is 2. The van der Waals surface area contributed by atoms with Gasteiger partial charge in [0, 0.05) is 37.7 Å². The second-order valence-corrected chi connectivity index (χ2v) is 8.54. The van der Waals surface area contributed by atoms with Crippen LogP contribution >= 0.6 is 0 Å². The van der Waals surface area contributed by atoms with Crippen molar-refractivity contribution < 1.29 is 14.3 Å². The number of amides is 1. The van der Waals surface area contributed by atoms with Crippen molar-refractivity contribution >= 4 is 11.7 Å². The first-order valence-electron chi connectivity index (χ1n) is 11.7. The largest absolute Gasteiger partial charge is 0.493 e. The van der Waals surface area contributed by atoms with E-state index in [2.05, 4.69) is 40.5 Å². The van der Waals surface area contributed by atoms with Gasteiger partial charge in [-0.2, -0.15) is 0 Å². The summed E-state index contributed by atoms with van der Waals surface area (Å²) in [7, 11) is 1.63. The van der Waals surface area contributed by atoms with Crippen molar-refractivity contribution in [3.63, 3.8) is 0 Å². The molecule has 0 spiro atoms. The van der Waals surface area contributed by atoms with E-state index in [0.717, 1.165) is 50.2 Å². The topological polar surface area (TPSA) is 67.8 Å². The number of hydrogen-bond acceptors (Lipinski definition) is 6. The van der Waals surface area contributed by atoms with E-state index in [1.807, 2.05) is 31.2 Å². The average Bonchev–Trinajstić information content (AvgIpc) is 2.80. The summed E-state index contributed by atoms with van der Waals surface area (Å²) in [6, 6.07) is 7.76. The number of aryl methyl sites for hydroxylation is 1. The molecule has 2 aromatic rings. The van der Waals surface area contributed by atoms with Crippen molar-refractivity contribution in [2.45, 2.75) is 59.4 Å². The second-order valence-electron chi connectivity index (χ2n) is 8.54. The summed E-state index contributed by atoms with van der Waals surface area (Å²) in [5.41, 5.74) is 1.10. The van der Waals surface area contributed by atoms with E-state index >= 15 is 0 Å². The number of carbonyl (C=O) groups is 1. The number of rotatable bonds is 9. The zero-order chi connectivity index (χ0) is 23.1. The van der Waals surface area contributed by atoms with Crippen LogP contribution < -0.4 is 14.4 Å². The van der Waals surface area contributed by atoms with Crippen LogP contribution in [0.5, 0.6) is 17.4 Å². The first kappa shape index (κ1) is 23.8. The lowest BCUT2D eigenvalue weighted by Gasteiger charge is -2.41. The molecule has 3 rings (SSSR count). The van der Waals surface area contributed by atoms with Crippen molar-refractivity contribution in [1.29, 1.82) is 0 Å². The van der Waals surface area contributed by atoms with E-state index in [-0.39, 0.29) is 12.0 Å². The van der Waals surface area contributed by atoms with E-state index in [1.54, 1.807) is 7.11 Å². The highest BCUT2D eigenvalue weighted by molar-refractivity contribution is 5.79. The average molecular weight is 441 g/mol. The Balaban J connectivity index is 1.67. The molecule has 0 N–H and O–H groups in total. The number of hydrogen-bond donors (Lipinski definition) is 0. The number of carbonyl (C=O) groups excluding carboxylic acids is 1. The Bertz CT molecular complexity index is 905. The molecule has 7 heteroatoms. The molecule has 1 aromatic carbocycles. The fraction of sp³-hybridized carbons (Fsp3) is 0.560. The predicted molar refractivity (Wildman–Crippen MR) is 127 cm³/mol. The van der Waals surface area contributed by atoms with Crippen molar-refractivity contribution in [1.82, 2.24) is 14.9 Å². The monoisotopic (exact) mass is 440 g/mol. The number of unbranched alkanes of at least 4 members (excludes halogenated alkanes) is 1. The number of benzene rings is 1. The molecule has 7 nitrogen and oxygen atoms in total. The van der Waals surface area contributed by atoms with Gasteiger partial charge in [-0.05, 0) is 44.4 Å². The Labute approximate surface area is 191 Å². The number of methoxy groups -OCH3 is 1. The van der Waals surface area contributed by atoms with Crippen molar-refractivity contribution in [3.05, 3.63) is 36.2 Å². The lowest BCUT2D eigenvalue weighted by Crippen LogP contribution is -2.55. The molecule has 2 unspecified atom stereocenters. The molecule has 32 heavy (non-hydrogen) atoms. The van der Waals surface area contributed by atoms with Crippen molar-refractivity contribution in [3.8, 4) is 17.4 Å². The highest BCUT2D eigenvalue weighted by atomic mass is 16.5. The predicted octanol–water partition coefficient (Wildman–Crippen LogP) is 4.84. The lowest BCUT2D eigenvalue weighted by atomic mass is 9.96. The van der Waals surface area contributed by atoms with Gasteiger partial charge in [0.25, 0.3) is 0 Å². The highest BCUT2D eigenvalue weighted by Crippen LogP contribution is 2.32. The zero-order valence-corrected chi connectivity index (χ0v) is 20.0. The number of piperazine rings is 1. The van der Waals surface area contributed by atoms with Gasteiger partial charge in [-0.1, -0.05) is 32.8 Å². The number of anilines is 1. The first-order valence-corrected chi connectivity index (χ1v) is 11.7. The Morgan fingerprint density at radius 1 is 1.19 bits per heavy atom. The van der Waals surface area contributed by atoms with Crippen LogP contribution in [0, 0.1) is 12.8 Å². The van der Waals surface area contributed by atoms with Gasteiger partial charge in [-0.3, -0.25) is 4.79 Å². The minimum Gasteiger partial charge on any atom is -0.493 e. The summed E-state index contributed by atoms with van der Waals surface area (Å²) in [5, 5.41) is 0. The van der Waals surface area contributed by atoms with Gasteiger partial charge in [0.05, 0.1) is 7.11 Å². The maximum atomic E-state index is 13.1. The van der Waals surface area contributed by atoms with Crippen LogP contribution in [0.2, 0.25) is 0 Å². The molecule has 1 saturated heterocycles. The summed E-state index contributed by atoms with van der Waals surface area (Å²) in [6.07, 6.45) is 5.63. The Morgan fingerprint density at radius 3 is 2.69 bits per heavy atom. The van der Waals surface area contributed by atoms with Crippen LogP contribution in [0.3, 0.4) is 0 Å². The summed E-state index contributed by atoms with van der Waals surface area (Å²) in [5.74, 6) is 2.98. The zero-order valence-electron chi connectivity index (χ0n) is 20.0. The van der Waals surface area contributed by atoms with E-state index < -0.39 is 0 Å². The molecule has 0 radical (unpaired) electrons. The standard InChI is InChI=1S/C25H36N4O3/c1-6-8-9-20(7-2)25(30)29-13-12-28(16-19(29)4)23-15-24(27-17-26-23)32-21-11-10-18(3)14-22(21)31-5/h10-11,14-15,17,19-20H,6-9,12-13,16H2,1-5H3. The fourth-order valence-corrected chi connectivity index (χ4v) is 4.21. The summed E-state index contributed by atoms with van der Waals surface area (Å²) >= 11 is 0. The number of ether oxygens (including phenoxy) is 2. The Hall–Kier alpha value is -2.83. The molecule has 1 fully saturated rings. The van der Waals surface area contributed by atoms with Crippen LogP contribution in [0.4, 0.5) is 5.82 Å². The molecule has 1 aromatic heterocycles. The molecule has 0 bridgehead atoms. The smallest absolute Gasteiger partial charge is 0.226 e. The summed E-state index contributed by atoms with van der Waals surface area (Å²) in [6.45, 7) is 10.6. The molecule has 1 aliphatic rings. The van der Waals surface area contributed by atoms with Crippen molar-refractivity contribution in [2.75, 3.05) is 31.6 Å². The van der Waals surface area contributed by atoms with E-state index in [1.165, 1.54) is 6.33 Å². The molecular weight excluding hydrogens is 404 g/mol. The molecule has 0 aliphatic carbocycles. The van der Waals surface area contributed by atoms with Crippen LogP contribution in [-0.2, 0) is 4.79 Å². The maximum absolute atomic E-state index is 13.1. The lowest BCUT2D eigenvalue weighted by molar-refractivity contribution is -0.138. The van der Waals surface area contributed by atoms with Crippen LogP contribution in [-0.4, -0.2) is 53.6 Å². The third-order valence-electron chi connectivity index (χ3n) is 6.14. The molecule has 2 atom stereocenters. The maximum Gasteiger partial charge on any atom is 0.226 e. The van der Waals surface area contributed by atoms with Gasteiger partial charge in [-0.25, -0.2) is 9.97 Å². The van der Waals surface area contributed by atoms with E-state index in [0.29, 0.717) is 29.8 Å². The summed E-state index contributed by atoms with van der Waals surface area (Å²) in [4.78, 5) is 26.1. The molecule has 2 heterocycles. The molecule has 0 saturated carbocycles. The minimum atomic E-state index is 0.128. The van der Waals surface area contributed by atoms with Gasteiger partial charge in [0.2, 0.25) is 11.8 Å². The van der Waals surface area contributed by atoms with Crippen LogP contribution in [0.1, 0.15) is 52.0 Å². The van der Waals surface area contributed by atoms with Gasteiger partial charge in [0.15, 0.2) is 11.5 Å². The normalized spacial score (nSPS) is 17.2. The van der Waals surface area contributed by atoms with Gasteiger partial charge in [-0.15, -0.1) is 0 Å². The first-order chi connectivity index (χ1) is 15.5. The molecule has 1 aliphatic heterocycles. The quantitative estimate of drug-likeness (QED) is 0.556. The second kappa shape index (κ2) is 11.2. The van der Waals surface area contributed by atoms with Crippen molar-refractivity contribution in [2.24, 2.45) is 5.92 Å². The summed E-state index contributed by atoms with van der Waals surface area (Å²) < 4.78 is 11.4. The minimum absolute atomic E-state index is 0.128. The SMILES string of the molecule is CCCCC(CC)C(=O)N1CCN(c2cc(Oc3ccc(C)cc3OC)ncn2)CC1C. The van der Waals surface area contributed by atoms with Gasteiger partial charge in [0.1, 0.15) is 12.1 Å². The third-order valence-corrected chi connectivity index (χ3v) is 6.14. The van der Waals surface area contributed by atoms with Crippen LogP contribution in [0.25, 0.3) is 0 Å². The van der Waals surface area contributed by atoms with Crippen LogP contribution in [0.15, 0.2) is 30.6 Å². The van der Waals surface area contributed by atoms with E-state index in [9.17, 15) is 4.79 Å². The van der Waals surface area contributed by atoms with Gasteiger partial charge < -0.3 is 19.3 Å². The number of nitrogens with zero attached hydrogens (tertiary/aromatic N) is 4. The molecule has 174 valence electrons. The molecular formula is C25H36N4O3. The highest BCUT2D eigenvalue weighted by Gasteiger charge is 2.31. The van der Waals surface area contributed by atoms with Gasteiger partial charge >= 0.3 is 0 Å². The Morgan fingerprint density at radius 2 is 2.00 bits per heavy atom.